The molecule has 0 bridgehead atoms. The third-order valence-corrected chi connectivity index (χ3v) is 3.96. The average molecular weight is 357 g/mol. The molecule has 0 radical (unpaired) electrons. The number of ether oxygens (including phenoxy) is 1. The third-order valence-electron chi connectivity index (χ3n) is 3.96. The molecule has 3 rings (SSSR count). The maximum absolute atomic E-state index is 13.2. The first kappa shape index (κ1) is 17.7. The summed E-state index contributed by atoms with van der Waals surface area (Å²) in [6.07, 6.45) is 5.94. The second-order valence-corrected chi connectivity index (χ2v) is 5.81. The number of hydrogen-bond donors (Lipinski definition) is 2. The molecule has 1 aliphatic heterocycles. The Morgan fingerprint density at radius 1 is 1.38 bits per heavy atom. The van der Waals surface area contributed by atoms with Gasteiger partial charge >= 0.3 is 0 Å². The summed E-state index contributed by atoms with van der Waals surface area (Å²) in [5.41, 5.74) is 1.86. The summed E-state index contributed by atoms with van der Waals surface area (Å²) in [7, 11) is 1.59. The highest BCUT2D eigenvalue weighted by Crippen LogP contribution is 2.25. The molecule has 0 aliphatic carbocycles. The van der Waals surface area contributed by atoms with Crippen LogP contribution in [0.3, 0.4) is 0 Å². The number of benzene rings is 1. The van der Waals surface area contributed by atoms with Gasteiger partial charge in [0.1, 0.15) is 11.6 Å². The number of amides is 1. The molecule has 0 spiro atoms. The molecule has 1 aromatic carbocycles. The number of carbonyl (C=O) groups excluding carboxylic acids is 1. The van der Waals surface area contributed by atoms with E-state index < -0.39 is 0 Å². The molecular weight excluding hydrogens is 337 g/mol. The van der Waals surface area contributed by atoms with E-state index in [-0.39, 0.29) is 24.0 Å². The first-order chi connectivity index (χ1) is 12.7. The molecule has 0 fully saturated rings. The van der Waals surface area contributed by atoms with Crippen LogP contribution in [0.15, 0.2) is 58.8 Å². The minimum absolute atomic E-state index is 0.182. The Balaban J connectivity index is 1.55. The lowest BCUT2D eigenvalue weighted by Crippen LogP contribution is -2.25. The van der Waals surface area contributed by atoms with E-state index in [0.29, 0.717) is 25.1 Å². The number of methoxy groups -OCH3 is 1. The molecule has 0 atom stereocenters. The van der Waals surface area contributed by atoms with Crippen molar-refractivity contribution in [2.75, 3.05) is 20.2 Å². The van der Waals surface area contributed by atoms with Crippen LogP contribution in [-0.4, -0.2) is 31.1 Å². The topological polar surface area (TPSA) is 76.4 Å². The highest BCUT2D eigenvalue weighted by atomic mass is 19.1. The summed E-state index contributed by atoms with van der Waals surface area (Å²) in [5.74, 6) is 0.644. The number of carbonyl (C=O) groups is 1. The number of nitrogens with one attached hydrogen (secondary N) is 2. The first-order valence-corrected chi connectivity index (χ1v) is 8.32. The molecule has 6 nitrogen and oxygen atoms in total. The molecule has 26 heavy (non-hydrogen) atoms. The van der Waals surface area contributed by atoms with Crippen molar-refractivity contribution in [2.24, 2.45) is 0 Å². The van der Waals surface area contributed by atoms with Gasteiger partial charge in [0.15, 0.2) is 17.8 Å². The quantitative estimate of drug-likeness (QED) is 0.744. The maximum Gasteiger partial charge on any atom is 0.273 e. The number of dihydropyridines is 1. The van der Waals surface area contributed by atoms with E-state index in [1.807, 2.05) is 0 Å². The summed E-state index contributed by atoms with van der Waals surface area (Å²) in [6, 6.07) is 7.19. The standard InChI is InChI=1S/C19H20FN3O3/c1-25-16-6-4-14(5-7-16)18-17(23-12-26-18)19(24)22-8-2-3-13-9-15(20)11-21-10-13/h4-7,9-10,12,21H,2-3,8,11H2,1H3,(H,22,24). The molecule has 2 N–H and O–H groups in total. The van der Waals surface area contributed by atoms with Crippen LogP contribution in [0.5, 0.6) is 5.75 Å². The van der Waals surface area contributed by atoms with Crippen LogP contribution in [0, 0.1) is 0 Å². The number of aromatic nitrogens is 1. The zero-order valence-electron chi connectivity index (χ0n) is 14.4. The predicted octanol–water partition coefficient (Wildman–Crippen LogP) is 3.20. The highest BCUT2D eigenvalue weighted by Gasteiger charge is 2.18. The van der Waals surface area contributed by atoms with Crippen LogP contribution >= 0.6 is 0 Å². The molecule has 0 unspecified atom stereocenters. The average Bonchev–Trinajstić information content (AvgIpc) is 3.15. The molecule has 7 heteroatoms. The SMILES string of the molecule is COc1ccc(-c2ocnc2C(=O)NCCCC2=CNCC(F)=C2)cc1. The fourth-order valence-corrected chi connectivity index (χ4v) is 2.65. The zero-order valence-corrected chi connectivity index (χ0v) is 14.4. The Hall–Kier alpha value is -3.09. The molecule has 1 aromatic heterocycles. The second kappa shape index (κ2) is 8.33. The molecule has 0 saturated carbocycles. The van der Waals surface area contributed by atoms with Gasteiger partial charge in [0.05, 0.1) is 13.7 Å². The number of halogens is 1. The smallest absolute Gasteiger partial charge is 0.273 e. The Kier molecular flexibility index (Phi) is 5.68. The van der Waals surface area contributed by atoms with Crippen molar-refractivity contribution < 1.29 is 18.3 Å². The van der Waals surface area contributed by atoms with Crippen LogP contribution in [0.1, 0.15) is 23.3 Å². The van der Waals surface area contributed by atoms with Gasteiger partial charge in [-0.15, -0.1) is 0 Å². The fourth-order valence-electron chi connectivity index (χ4n) is 2.65. The number of hydrogen-bond acceptors (Lipinski definition) is 5. The van der Waals surface area contributed by atoms with E-state index in [9.17, 15) is 9.18 Å². The van der Waals surface area contributed by atoms with Crippen LogP contribution in [0.2, 0.25) is 0 Å². The predicted molar refractivity (Wildman–Crippen MR) is 95.3 cm³/mol. The molecule has 1 amide bonds. The molecule has 0 saturated heterocycles. The lowest BCUT2D eigenvalue weighted by atomic mass is 10.1. The van der Waals surface area contributed by atoms with E-state index in [4.69, 9.17) is 9.15 Å². The number of rotatable bonds is 7. The minimum Gasteiger partial charge on any atom is -0.497 e. The summed E-state index contributed by atoms with van der Waals surface area (Å²) in [4.78, 5) is 16.4. The van der Waals surface area contributed by atoms with Gasteiger partial charge in [0, 0.05) is 18.3 Å². The maximum atomic E-state index is 13.2. The summed E-state index contributed by atoms with van der Waals surface area (Å²) in [5, 5.41) is 5.69. The van der Waals surface area contributed by atoms with Gasteiger partial charge in [-0.2, -0.15) is 0 Å². The van der Waals surface area contributed by atoms with Crippen LogP contribution in [0.25, 0.3) is 11.3 Å². The first-order valence-electron chi connectivity index (χ1n) is 8.32. The van der Waals surface area contributed by atoms with Crippen molar-refractivity contribution in [3.8, 4) is 17.1 Å². The molecule has 136 valence electrons. The van der Waals surface area contributed by atoms with Crippen LogP contribution in [0.4, 0.5) is 4.39 Å². The van der Waals surface area contributed by atoms with Gasteiger partial charge in [-0.3, -0.25) is 4.79 Å². The van der Waals surface area contributed by atoms with E-state index in [2.05, 4.69) is 15.6 Å². The third kappa shape index (κ3) is 4.30. The summed E-state index contributed by atoms with van der Waals surface area (Å²) < 4.78 is 23.7. The van der Waals surface area contributed by atoms with E-state index >= 15 is 0 Å². The van der Waals surface area contributed by atoms with Gasteiger partial charge in [-0.25, -0.2) is 9.37 Å². The largest absolute Gasteiger partial charge is 0.497 e. The summed E-state index contributed by atoms with van der Waals surface area (Å²) >= 11 is 0. The second-order valence-electron chi connectivity index (χ2n) is 5.81. The van der Waals surface area contributed by atoms with Crippen LogP contribution < -0.4 is 15.4 Å². The van der Waals surface area contributed by atoms with Crippen molar-refractivity contribution in [3.63, 3.8) is 0 Å². The van der Waals surface area contributed by atoms with Gasteiger partial charge in [-0.1, -0.05) is 0 Å². The Morgan fingerprint density at radius 2 is 2.19 bits per heavy atom. The lowest BCUT2D eigenvalue weighted by Gasteiger charge is -2.10. The number of oxazole rings is 1. The molecule has 2 aromatic rings. The van der Waals surface area contributed by atoms with E-state index in [0.717, 1.165) is 16.9 Å². The van der Waals surface area contributed by atoms with Gasteiger partial charge in [-0.05, 0) is 48.8 Å². The zero-order chi connectivity index (χ0) is 18.4. The monoisotopic (exact) mass is 357 g/mol. The van der Waals surface area contributed by atoms with E-state index in [1.54, 1.807) is 37.6 Å². The number of nitrogens with zero attached hydrogens (tertiary/aromatic N) is 1. The van der Waals surface area contributed by atoms with Crippen molar-refractivity contribution in [3.05, 3.63) is 60.0 Å². The van der Waals surface area contributed by atoms with E-state index in [1.165, 1.54) is 12.5 Å². The van der Waals surface area contributed by atoms with Gasteiger partial charge in [0.25, 0.3) is 5.91 Å². The minimum atomic E-state index is -0.304. The van der Waals surface area contributed by atoms with Crippen LogP contribution in [-0.2, 0) is 0 Å². The summed E-state index contributed by atoms with van der Waals surface area (Å²) in [6.45, 7) is 0.696. The Labute approximate surface area is 150 Å². The van der Waals surface area contributed by atoms with Crippen molar-refractivity contribution in [1.82, 2.24) is 15.6 Å². The van der Waals surface area contributed by atoms with Crippen molar-refractivity contribution in [2.45, 2.75) is 12.8 Å². The lowest BCUT2D eigenvalue weighted by molar-refractivity contribution is 0.0949. The molecule has 1 aliphatic rings. The highest BCUT2D eigenvalue weighted by molar-refractivity contribution is 5.97. The number of allylic oxidation sites excluding steroid dienone is 2. The van der Waals surface area contributed by atoms with Gasteiger partial charge in [0.2, 0.25) is 0 Å². The Morgan fingerprint density at radius 3 is 2.92 bits per heavy atom. The van der Waals surface area contributed by atoms with Gasteiger partial charge < -0.3 is 19.8 Å². The fraction of sp³-hybridized carbons (Fsp3) is 0.263. The molecular formula is C19H20FN3O3. The Bertz CT molecular complexity index is 825. The van der Waals surface area contributed by atoms with Crippen molar-refractivity contribution >= 4 is 5.91 Å². The normalized spacial score (nSPS) is 13.5. The van der Waals surface area contributed by atoms with Crippen molar-refractivity contribution in [1.29, 1.82) is 0 Å². The molecule has 2 heterocycles.